The van der Waals surface area contributed by atoms with E-state index in [1.165, 1.54) is 0 Å². The highest BCUT2D eigenvalue weighted by atomic mass is 16.3. The van der Waals surface area contributed by atoms with Crippen molar-refractivity contribution in [2.75, 3.05) is 19.6 Å². The molecule has 1 aliphatic rings. The lowest BCUT2D eigenvalue weighted by molar-refractivity contribution is 0.0922. The van der Waals surface area contributed by atoms with Gasteiger partial charge in [-0.2, -0.15) is 0 Å². The molecule has 0 aliphatic carbocycles. The molecule has 3 rings (SSSR count). The van der Waals surface area contributed by atoms with Crippen LogP contribution >= 0.6 is 0 Å². The predicted molar refractivity (Wildman–Crippen MR) is 80.8 cm³/mol. The molecule has 116 valence electrons. The van der Waals surface area contributed by atoms with Gasteiger partial charge < -0.3 is 15.7 Å². The Morgan fingerprint density at radius 2 is 2.18 bits per heavy atom. The van der Waals surface area contributed by atoms with Gasteiger partial charge in [-0.1, -0.05) is 22.9 Å². The minimum atomic E-state index is -0.413. The number of amides is 1. The van der Waals surface area contributed by atoms with Gasteiger partial charge in [-0.15, -0.1) is 5.10 Å². The summed E-state index contributed by atoms with van der Waals surface area (Å²) in [6.45, 7) is 3.71. The number of hydrogen-bond donors (Lipinski definition) is 3. The first kappa shape index (κ1) is 14.7. The summed E-state index contributed by atoms with van der Waals surface area (Å²) in [6, 6.07) is 7.80. The topological polar surface area (TPSA) is 92.1 Å². The fraction of sp³-hybridized carbons (Fsp3) is 0.400. The van der Waals surface area contributed by atoms with E-state index in [0.717, 1.165) is 11.3 Å². The van der Waals surface area contributed by atoms with Crippen LogP contribution in [0.5, 0.6) is 0 Å². The average Bonchev–Trinajstić information content (AvgIpc) is 3.15. The van der Waals surface area contributed by atoms with Crippen molar-refractivity contribution in [3.05, 3.63) is 41.7 Å². The Labute approximate surface area is 128 Å². The van der Waals surface area contributed by atoms with E-state index < -0.39 is 6.10 Å². The molecule has 2 heterocycles. The van der Waals surface area contributed by atoms with Gasteiger partial charge in [0.1, 0.15) is 0 Å². The van der Waals surface area contributed by atoms with Crippen LogP contribution in [0.15, 0.2) is 30.5 Å². The lowest BCUT2D eigenvalue weighted by Crippen LogP contribution is -2.34. The SMILES string of the molecule is Cc1ccc(-n2cc(C(=O)NCC3CNCC3O)nn2)cc1. The van der Waals surface area contributed by atoms with Gasteiger partial charge in [0.05, 0.1) is 18.0 Å². The highest BCUT2D eigenvalue weighted by Gasteiger charge is 2.25. The molecule has 0 spiro atoms. The monoisotopic (exact) mass is 301 g/mol. The second-order valence-corrected chi connectivity index (χ2v) is 5.58. The maximum absolute atomic E-state index is 12.1. The van der Waals surface area contributed by atoms with E-state index in [0.29, 0.717) is 19.6 Å². The molecule has 2 unspecified atom stereocenters. The summed E-state index contributed by atoms with van der Waals surface area (Å²) in [7, 11) is 0. The summed E-state index contributed by atoms with van der Waals surface area (Å²) in [4.78, 5) is 12.1. The van der Waals surface area contributed by atoms with Crippen molar-refractivity contribution in [1.82, 2.24) is 25.6 Å². The van der Waals surface area contributed by atoms with Crippen molar-refractivity contribution in [2.24, 2.45) is 5.92 Å². The Morgan fingerprint density at radius 1 is 1.41 bits per heavy atom. The maximum Gasteiger partial charge on any atom is 0.273 e. The lowest BCUT2D eigenvalue weighted by atomic mass is 10.1. The summed E-state index contributed by atoms with van der Waals surface area (Å²) in [5, 5.41) is 23.5. The van der Waals surface area contributed by atoms with Crippen molar-refractivity contribution in [3.8, 4) is 5.69 Å². The number of carbonyl (C=O) groups is 1. The zero-order valence-corrected chi connectivity index (χ0v) is 12.4. The summed E-state index contributed by atoms with van der Waals surface area (Å²) >= 11 is 0. The van der Waals surface area contributed by atoms with Crippen molar-refractivity contribution >= 4 is 5.91 Å². The van der Waals surface area contributed by atoms with Crippen molar-refractivity contribution in [1.29, 1.82) is 0 Å². The average molecular weight is 301 g/mol. The summed E-state index contributed by atoms with van der Waals surface area (Å²) in [6.07, 6.45) is 1.19. The second kappa shape index (κ2) is 6.25. The van der Waals surface area contributed by atoms with Crippen LogP contribution < -0.4 is 10.6 Å². The van der Waals surface area contributed by atoms with Gasteiger partial charge in [-0.3, -0.25) is 4.79 Å². The third kappa shape index (κ3) is 3.15. The number of benzene rings is 1. The summed E-state index contributed by atoms with van der Waals surface area (Å²) < 4.78 is 1.57. The van der Waals surface area contributed by atoms with Gasteiger partial charge in [0.15, 0.2) is 5.69 Å². The molecule has 7 nitrogen and oxygen atoms in total. The van der Waals surface area contributed by atoms with Gasteiger partial charge in [0.25, 0.3) is 5.91 Å². The number of nitrogens with zero attached hydrogens (tertiary/aromatic N) is 3. The normalized spacial score (nSPS) is 21.0. The molecule has 2 aromatic rings. The van der Waals surface area contributed by atoms with Gasteiger partial charge >= 0.3 is 0 Å². The Hall–Kier alpha value is -2.25. The van der Waals surface area contributed by atoms with Crippen LogP contribution in [0, 0.1) is 12.8 Å². The van der Waals surface area contributed by atoms with Crippen LogP contribution in [0.25, 0.3) is 5.69 Å². The van der Waals surface area contributed by atoms with Crippen LogP contribution in [0.1, 0.15) is 16.1 Å². The molecule has 1 aromatic heterocycles. The third-order valence-electron chi connectivity index (χ3n) is 3.85. The number of β-amino-alcohol motifs (C(OH)–C–C–N with tert-alkyl or cyclic N) is 1. The largest absolute Gasteiger partial charge is 0.391 e. The number of aromatic nitrogens is 3. The van der Waals surface area contributed by atoms with Crippen LogP contribution in [-0.4, -0.2) is 51.7 Å². The highest BCUT2D eigenvalue weighted by molar-refractivity contribution is 5.91. The number of nitrogens with one attached hydrogen (secondary N) is 2. The van der Waals surface area contributed by atoms with E-state index in [2.05, 4.69) is 20.9 Å². The number of hydrogen-bond acceptors (Lipinski definition) is 5. The number of carbonyl (C=O) groups excluding carboxylic acids is 1. The van der Waals surface area contributed by atoms with Gasteiger partial charge in [0.2, 0.25) is 0 Å². The molecule has 7 heteroatoms. The third-order valence-corrected chi connectivity index (χ3v) is 3.85. The smallest absolute Gasteiger partial charge is 0.273 e. The number of rotatable bonds is 4. The van der Waals surface area contributed by atoms with Crippen LogP contribution in [0.3, 0.4) is 0 Å². The molecule has 1 amide bonds. The van der Waals surface area contributed by atoms with Gasteiger partial charge in [-0.05, 0) is 19.1 Å². The molecule has 3 N–H and O–H groups in total. The highest BCUT2D eigenvalue weighted by Crippen LogP contribution is 2.09. The standard InChI is InChI=1S/C15H19N5O2/c1-10-2-4-12(5-3-10)20-9-13(18-19-20)15(22)17-7-11-6-16-8-14(11)21/h2-5,9,11,14,16,21H,6-8H2,1H3,(H,17,22). The number of aliphatic hydroxyl groups is 1. The zero-order valence-electron chi connectivity index (χ0n) is 12.4. The first-order valence-electron chi connectivity index (χ1n) is 7.30. The fourth-order valence-corrected chi connectivity index (χ4v) is 2.43. The predicted octanol–water partition coefficient (Wildman–Crippen LogP) is -0.114. The molecule has 0 radical (unpaired) electrons. The van der Waals surface area contributed by atoms with Crippen LogP contribution in [-0.2, 0) is 0 Å². The molecule has 1 aromatic carbocycles. The molecule has 0 saturated carbocycles. The first-order valence-corrected chi connectivity index (χ1v) is 7.30. The molecule has 1 aliphatic heterocycles. The van der Waals surface area contributed by atoms with Crippen molar-refractivity contribution in [3.63, 3.8) is 0 Å². The summed E-state index contributed by atoms with van der Waals surface area (Å²) in [5.41, 5.74) is 2.28. The van der Waals surface area contributed by atoms with Gasteiger partial charge in [0, 0.05) is 25.6 Å². The van der Waals surface area contributed by atoms with Crippen molar-refractivity contribution < 1.29 is 9.90 Å². The quantitative estimate of drug-likeness (QED) is 0.732. The minimum absolute atomic E-state index is 0.0380. The van der Waals surface area contributed by atoms with E-state index in [1.807, 2.05) is 31.2 Å². The second-order valence-electron chi connectivity index (χ2n) is 5.58. The Kier molecular flexibility index (Phi) is 4.17. The molecular weight excluding hydrogens is 282 g/mol. The first-order chi connectivity index (χ1) is 10.6. The van der Waals surface area contributed by atoms with E-state index in [1.54, 1.807) is 10.9 Å². The minimum Gasteiger partial charge on any atom is -0.391 e. The number of aryl methyl sites for hydroxylation is 1. The number of aliphatic hydroxyl groups excluding tert-OH is 1. The Balaban J connectivity index is 1.63. The molecule has 1 fully saturated rings. The Morgan fingerprint density at radius 3 is 2.86 bits per heavy atom. The van der Waals surface area contributed by atoms with Crippen LogP contribution in [0.2, 0.25) is 0 Å². The van der Waals surface area contributed by atoms with E-state index in [9.17, 15) is 9.90 Å². The lowest BCUT2D eigenvalue weighted by Gasteiger charge is -2.13. The van der Waals surface area contributed by atoms with Crippen molar-refractivity contribution in [2.45, 2.75) is 13.0 Å². The van der Waals surface area contributed by atoms with Gasteiger partial charge in [-0.25, -0.2) is 4.68 Å². The molecule has 0 bridgehead atoms. The zero-order chi connectivity index (χ0) is 15.5. The fourth-order valence-electron chi connectivity index (χ4n) is 2.43. The molecule has 2 atom stereocenters. The van der Waals surface area contributed by atoms with Crippen LogP contribution in [0.4, 0.5) is 0 Å². The van der Waals surface area contributed by atoms with E-state index in [4.69, 9.17) is 0 Å². The molecule has 1 saturated heterocycles. The van der Waals surface area contributed by atoms with E-state index >= 15 is 0 Å². The summed E-state index contributed by atoms with van der Waals surface area (Å²) in [5.74, 6) is -0.242. The molecule has 22 heavy (non-hydrogen) atoms. The maximum atomic E-state index is 12.1. The van der Waals surface area contributed by atoms with E-state index in [-0.39, 0.29) is 17.5 Å². The Bertz CT molecular complexity index is 652. The molecular formula is C15H19N5O2.